The van der Waals surface area contributed by atoms with Gasteiger partial charge in [0.05, 0.1) is 18.2 Å². The van der Waals surface area contributed by atoms with E-state index in [1.807, 2.05) is 6.07 Å². The molecule has 3 aromatic rings. The van der Waals surface area contributed by atoms with E-state index in [0.717, 1.165) is 0 Å². The molecule has 0 fully saturated rings. The number of fused-ring (bicyclic) bond motifs is 1. The number of benzene rings is 2. The number of halogens is 1. The zero-order valence-electron chi connectivity index (χ0n) is 11.8. The molecule has 0 spiro atoms. The molecule has 1 amide bonds. The van der Waals surface area contributed by atoms with Gasteiger partial charge in [-0.3, -0.25) is 4.79 Å². The first-order valence-electron chi connectivity index (χ1n) is 6.74. The monoisotopic (exact) mass is 326 g/mol. The lowest BCUT2D eigenvalue weighted by Gasteiger charge is -2.05. The van der Waals surface area contributed by atoms with E-state index >= 15 is 0 Å². The SMILES string of the molecule is N#Cc1ccc(NC(=O)CNc2nc3cc(Cl)ccc3o2)cc1. The Kier molecular flexibility index (Phi) is 4.13. The summed E-state index contributed by atoms with van der Waals surface area (Å²) in [6.07, 6.45) is 0. The van der Waals surface area contributed by atoms with Gasteiger partial charge in [-0.2, -0.15) is 10.2 Å². The van der Waals surface area contributed by atoms with Crippen molar-refractivity contribution in [2.24, 2.45) is 0 Å². The van der Waals surface area contributed by atoms with Crippen LogP contribution >= 0.6 is 11.6 Å². The molecule has 0 saturated heterocycles. The summed E-state index contributed by atoms with van der Waals surface area (Å²) in [5.41, 5.74) is 2.35. The van der Waals surface area contributed by atoms with Crippen molar-refractivity contribution in [2.75, 3.05) is 17.2 Å². The van der Waals surface area contributed by atoms with E-state index in [9.17, 15) is 4.79 Å². The quantitative estimate of drug-likeness (QED) is 0.766. The van der Waals surface area contributed by atoms with Crippen LogP contribution in [-0.4, -0.2) is 17.4 Å². The van der Waals surface area contributed by atoms with E-state index in [1.165, 1.54) is 0 Å². The van der Waals surface area contributed by atoms with Gasteiger partial charge in [-0.05, 0) is 42.5 Å². The summed E-state index contributed by atoms with van der Waals surface area (Å²) < 4.78 is 5.46. The van der Waals surface area contributed by atoms with E-state index in [-0.39, 0.29) is 18.5 Å². The van der Waals surface area contributed by atoms with Crippen LogP contribution in [0.2, 0.25) is 5.02 Å². The van der Waals surface area contributed by atoms with Crippen molar-refractivity contribution in [2.45, 2.75) is 0 Å². The molecule has 0 atom stereocenters. The Bertz CT molecular complexity index is 897. The van der Waals surface area contributed by atoms with E-state index in [2.05, 4.69) is 15.6 Å². The molecule has 3 rings (SSSR count). The molecule has 7 heteroatoms. The smallest absolute Gasteiger partial charge is 0.296 e. The fourth-order valence-corrected chi connectivity index (χ4v) is 2.13. The maximum Gasteiger partial charge on any atom is 0.296 e. The lowest BCUT2D eigenvalue weighted by atomic mass is 10.2. The molecule has 2 aromatic carbocycles. The van der Waals surface area contributed by atoms with Crippen molar-refractivity contribution in [1.82, 2.24) is 4.98 Å². The highest BCUT2D eigenvalue weighted by Crippen LogP contribution is 2.22. The maximum atomic E-state index is 11.9. The number of anilines is 2. The number of nitriles is 1. The lowest BCUT2D eigenvalue weighted by molar-refractivity contribution is -0.114. The summed E-state index contributed by atoms with van der Waals surface area (Å²) in [5, 5.41) is 14.8. The zero-order valence-corrected chi connectivity index (χ0v) is 12.6. The summed E-state index contributed by atoms with van der Waals surface area (Å²) in [5.74, 6) is -0.255. The van der Waals surface area contributed by atoms with Crippen LogP contribution in [0.5, 0.6) is 0 Å². The third-order valence-electron chi connectivity index (χ3n) is 3.05. The number of amides is 1. The highest BCUT2D eigenvalue weighted by atomic mass is 35.5. The van der Waals surface area contributed by atoms with E-state index in [1.54, 1.807) is 42.5 Å². The second-order valence-corrected chi connectivity index (χ2v) is 5.16. The Morgan fingerprint density at radius 3 is 2.78 bits per heavy atom. The van der Waals surface area contributed by atoms with Crippen molar-refractivity contribution in [1.29, 1.82) is 5.26 Å². The van der Waals surface area contributed by atoms with Crippen molar-refractivity contribution in [3.63, 3.8) is 0 Å². The summed E-state index contributed by atoms with van der Waals surface area (Å²) >= 11 is 5.88. The van der Waals surface area contributed by atoms with E-state index in [4.69, 9.17) is 21.3 Å². The minimum Gasteiger partial charge on any atom is -0.424 e. The van der Waals surface area contributed by atoms with Crippen LogP contribution in [0, 0.1) is 11.3 Å². The largest absolute Gasteiger partial charge is 0.424 e. The average molecular weight is 327 g/mol. The first-order valence-corrected chi connectivity index (χ1v) is 7.12. The topological polar surface area (TPSA) is 91.0 Å². The predicted octanol–water partition coefficient (Wildman–Crippen LogP) is 3.40. The molecular formula is C16H11ClN4O2. The maximum absolute atomic E-state index is 11.9. The standard InChI is InChI=1S/C16H11ClN4O2/c17-11-3-6-14-13(7-11)21-16(23-14)19-9-15(22)20-12-4-1-10(8-18)2-5-12/h1-7H,9H2,(H,19,21)(H,20,22). The molecule has 1 aromatic heterocycles. The lowest BCUT2D eigenvalue weighted by Crippen LogP contribution is -2.21. The van der Waals surface area contributed by atoms with Gasteiger partial charge >= 0.3 is 0 Å². The molecule has 1 heterocycles. The Labute approximate surface area is 136 Å². The minimum atomic E-state index is -0.255. The molecule has 6 nitrogen and oxygen atoms in total. The van der Waals surface area contributed by atoms with Crippen molar-refractivity contribution in [3.8, 4) is 6.07 Å². The van der Waals surface area contributed by atoms with Gasteiger partial charge in [0, 0.05) is 10.7 Å². The summed E-state index contributed by atoms with van der Waals surface area (Å²) in [7, 11) is 0. The number of hydrogen-bond acceptors (Lipinski definition) is 5. The third-order valence-corrected chi connectivity index (χ3v) is 3.28. The van der Waals surface area contributed by atoms with Crippen LogP contribution in [-0.2, 0) is 4.79 Å². The van der Waals surface area contributed by atoms with Crippen LogP contribution in [0.1, 0.15) is 5.56 Å². The number of aromatic nitrogens is 1. The number of carbonyl (C=O) groups excluding carboxylic acids is 1. The van der Waals surface area contributed by atoms with Crippen LogP contribution in [0.25, 0.3) is 11.1 Å². The molecule has 0 radical (unpaired) electrons. The van der Waals surface area contributed by atoms with Crippen LogP contribution in [0.3, 0.4) is 0 Å². The summed E-state index contributed by atoms with van der Waals surface area (Å²) in [6, 6.07) is 14.0. The molecule has 2 N–H and O–H groups in total. The predicted molar refractivity (Wildman–Crippen MR) is 87.3 cm³/mol. The minimum absolute atomic E-state index is 0.000551. The first-order chi connectivity index (χ1) is 11.1. The molecule has 0 aliphatic heterocycles. The Morgan fingerprint density at radius 1 is 1.26 bits per heavy atom. The molecule has 0 bridgehead atoms. The molecule has 0 aliphatic carbocycles. The second-order valence-electron chi connectivity index (χ2n) is 4.72. The molecule has 0 unspecified atom stereocenters. The van der Waals surface area contributed by atoms with Crippen molar-refractivity contribution >= 4 is 40.3 Å². The summed E-state index contributed by atoms with van der Waals surface area (Å²) in [4.78, 5) is 16.1. The van der Waals surface area contributed by atoms with Crippen LogP contribution in [0.4, 0.5) is 11.7 Å². The highest BCUT2D eigenvalue weighted by molar-refractivity contribution is 6.31. The van der Waals surface area contributed by atoms with Gasteiger partial charge in [0.2, 0.25) is 5.91 Å². The highest BCUT2D eigenvalue weighted by Gasteiger charge is 2.08. The number of nitrogens with one attached hydrogen (secondary N) is 2. The van der Waals surface area contributed by atoms with E-state index < -0.39 is 0 Å². The van der Waals surface area contributed by atoms with Gasteiger partial charge in [-0.1, -0.05) is 11.6 Å². The number of hydrogen-bond donors (Lipinski definition) is 2. The fourth-order valence-electron chi connectivity index (χ4n) is 1.97. The molecule has 23 heavy (non-hydrogen) atoms. The Balaban J connectivity index is 1.60. The number of oxazole rings is 1. The van der Waals surface area contributed by atoms with Gasteiger partial charge in [-0.25, -0.2) is 0 Å². The summed E-state index contributed by atoms with van der Waals surface area (Å²) in [6.45, 7) is 0.000551. The number of nitrogens with zero attached hydrogens (tertiary/aromatic N) is 2. The van der Waals surface area contributed by atoms with Crippen molar-refractivity contribution in [3.05, 3.63) is 53.1 Å². The normalized spacial score (nSPS) is 10.3. The first kappa shape index (κ1) is 14.9. The molecule has 0 aliphatic rings. The van der Waals surface area contributed by atoms with Gasteiger partial charge in [0.15, 0.2) is 5.58 Å². The molecule has 114 valence electrons. The van der Waals surface area contributed by atoms with Gasteiger partial charge in [-0.15, -0.1) is 0 Å². The second kappa shape index (κ2) is 6.38. The van der Waals surface area contributed by atoms with Gasteiger partial charge in [0.1, 0.15) is 5.52 Å². The van der Waals surface area contributed by atoms with Gasteiger partial charge in [0.25, 0.3) is 6.01 Å². The van der Waals surface area contributed by atoms with Gasteiger partial charge < -0.3 is 15.1 Å². The number of rotatable bonds is 4. The van der Waals surface area contributed by atoms with Crippen LogP contribution in [0.15, 0.2) is 46.9 Å². The van der Waals surface area contributed by atoms with Crippen molar-refractivity contribution < 1.29 is 9.21 Å². The average Bonchev–Trinajstić information content (AvgIpc) is 2.95. The fraction of sp³-hybridized carbons (Fsp3) is 0.0625. The Hall–Kier alpha value is -3.04. The van der Waals surface area contributed by atoms with Crippen LogP contribution < -0.4 is 10.6 Å². The zero-order chi connectivity index (χ0) is 16.2. The third kappa shape index (κ3) is 3.59. The molecular weight excluding hydrogens is 316 g/mol. The van der Waals surface area contributed by atoms with E-state index in [0.29, 0.717) is 27.4 Å². The molecule has 0 saturated carbocycles. The Morgan fingerprint density at radius 2 is 2.04 bits per heavy atom. The number of carbonyl (C=O) groups is 1.